The fraction of sp³-hybridized carbons (Fsp3) is 0.500. The Morgan fingerprint density at radius 2 is 1.79 bits per heavy atom. The molecule has 0 saturated heterocycles. The Labute approximate surface area is 86.2 Å². The third-order valence-electron chi connectivity index (χ3n) is 2.35. The minimum Gasteiger partial charge on any atom is -0.396 e. The molecule has 0 atom stereocenters. The van der Waals surface area contributed by atoms with Crippen molar-refractivity contribution in [3.63, 3.8) is 0 Å². The zero-order valence-corrected chi connectivity index (χ0v) is 8.82. The van der Waals surface area contributed by atoms with Gasteiger partial charge in [-0.25, -0.2) is 0 Å². The van der Waals surface area contributed by atoms with Crippen molar-refractivity contribution in [2.75, 3.05) is 25.1 Å². The van der Waals surface area contributed by atoms with E-state index < -0.39 is 0 Å². The number of benzene rings is 1. The first kappa shape index (κ1) is 11.1. The first-order valence-corrected chi connectivity index (χ1v) is 5.21. The van der Waals surface area contributed by atoms with Crippen molar-refractivity contribution in [3.05, 3.63) is 30.3 Å². The minimum absolute atomic E-state index is 0.315. The summed E-state index contributed by atoms with van der Waals surface area (Å²) >= 11 is 0. The van der Waals surface area contributed by atoms with Gasteiger partial charge in [0.2, 0.25) is 0 Å². The normalized spacial score (nSPS) is 10.1. The van der Waals surface area contributed by atoms with Gasteiger partial charge in [0.1, 0.15) is 0 Å². The molecule has 1 aromatic rings. The molecule has 78 valence electrons. The van der Waals surface area contributed by atoms with Crippen molar-refractivity contribution in [3.8, 4) is 0 Å². The molecule has 0 aromatic heterocycles. The van der Waals surface area contributed by atoms with Gasteiger partial charge in [-0.3, -0.25) is 0 Å². The van der Waals surface area contributed by atoms with Gasteiger partial charge in [-0.1, -0.05) is 18.2 Å². The summed E-state index contributed by atoms with van der Waals surface area (Å²) in [5.41, 5.74) is 1.26. The Morgan fingerprint density at radius 1 is 1.07 bits per heavy atom. The Morgan fingerprint density at radius 3 is 2.43 bits per heavy atom. The molecule has 0 radical (unpaired) electrons. The summed E-state index contributed by atoms with van der Waals surface area (Å²) in [4.78, 5) is 2.25. The Bertz CT molecular complexity index is 235. The van der Waals surface area contributed by atoms with Gasteiger partial charge in [0.15, 0.2) is 0 Å². The average Bonchev–Trinajstić information content (AvgIpc) is 2.25. The van der Waals surface area contributed by atoms with Crippen LogP contribution in [0.4, 0.5) is 5.69 Å². The third kappa shape index (κ3) is 3.79. The van der Waals surface area contributed by atoms with Crippen LogP contribution in [-0.4, -0.2) is 25.3 Å². The molecule has 2 nitrogen and oxygen atoms in total. The molecule has 0 spiro atoms. The Hall–Kier alpha value is -1.02. The lowest BCUT2D eigenvalue weighted by Gasteiger charge is -2.18. The monoisotopic (exact) mass is 193 g/mol. The summed E-state index contributed by atoms with van der Waals surface area (Å²) in [5, 5.41) is 8.63. The highest BCUT2D eigenvalue weighted by Crippen LogP contribution is 2.11. The van der Waals surface area contributed by atoms with Gasteiger partial charge in [-0.05, 0) is 31.4 Å². The van der Waals surface area contributed by atoms with Crippen LogP contribution < -0.4 is 4.90 Å². The van der Waals surface area contributed by atoms with Crippen molar-refractivity contribution < 1.29 is 5.11 Å². The number of nitrogens with zero attached hydrogens (tertiary/aromatic N) is 1. The second-order valence-corrected chi connectivity index (χ2v) is 3.54. The zero-order chi connectivity index (χ0) is 10.2. The van der Waals surface area contributed by atoms with E-state index in [1.807, 2.05) is 6.07 Å². The van der Waals surface area contributed by atoms with E-state index in [1.54, 1.807) is 0 Å². The van der Waals surface area contributed by atoms with Crippen LogP contribution in [0.1, 0.15) is 19.3 Å². The van der Waals surface area contributed by atoms with Crippen molar-refractivity contribution in [1.29, 1.82) is 0 Å². The minimum atomic E-state index is 0.315. The standard InChI is InChI=1S/C12H19NO/c1-13(10-6-3-7-11-14)12-8-4-2-5-9-12/h2,4-5,8-9,14H,3,6-7,10-11H2,1H3. The van der Waals surface area contributed by atoms with Crippen LogP contribution in [0, 0.1) is 0 Å². The summed E-state index contributed by atoms with van der Waals surface area (Å²) in [6.07, 6.45) is 3.17. The predicted molar refractivity (Wildman–Crippen MR) is 60.6 cm³/mol. The summed E-state index contributed by atoms with van der Waals surface area (Å²) in [5.74, 6) is 0. The van der Waals surface area contributed by atoms with Crippen LogP contribution in [0.3, 0.4) is 0 Å². The maximum atomic E-state index is 8.63. The smallest absolute Gasteiger partial charge is 0.0431 e. The summed E-state index contributed by atoms with van der Waals surface area (Å²) in [7, 11) is 2.11. The summed E-state index contributed by atoms with van der Waals surface area (Å²) < 4.78 is 0. The molecule has 0 heterocycles. The molecule has 0 unspecified atom stereocenters. The Balaban J connectivity index is 2.25. The molecule has 0 saturated carbocycles. The molecule has 1 N–H and O–H groups in total. The van der Waals surface area contributed by atoms with Gasteiger partial charge < -0.3 is 10.0 Å². The summed E-state index contributed by atoms with van der Waals surface area (Å²) in [6.45, 7) is 1.37. The van der Waals surface area contributed by atoms with Crippen LogP contribution in [0.2, 0.25) is 0 Å². The molecule has 2 heteroatoms. The van der Waals surface area contributed by atoms with Crippen LogP contribution in [0.5, 0.6) is 0 Å². The number of hydrogen-bond donors (Lipinski definition) is 1. The lowest BCUT2D eigenvalue weighted by molar-refractivity contribution is 0.283. The van der Waals surface area contributed by atoms with E-state index in [4.69, 9.17) is 5.11 Å². The number of para-hydroxylation sites is 1. The molecule has 1 rings (SSSR count). The van der Waals surface area contributed by atoms with E-state index >= 15 is 0 Å². The molecule has 0 fully saturated rings. The molecule has 0 amide bonds. The van der Waals surface area contributed by atoms with Crippen LogP contribution in [-0.2, 0) is 0 Å². The van der Waals surface area contributed by atoms with Gasteiger partial charge in [0.25, 0.3) is 0 Å². The number of rotatable bonds is 6. The molecule has 1 aromatic carbocycles. The maximum Gasteiger partial charge on any atom is 0.0431 e. The zero-order valence-electron chi connectivity index (χ0n) is 8.82. The highest BCUT2D eigenvalue weighted by atomic mass is 16.2. The fourth-order valence-corrected chi connectivity index (χ4v) is 1.45. The number of aliphatic hydroxyl groups is 1. The second-order valence-electron chi connectivity index (χ2n) is 3.54. The van der Waals surface area contributed by atoms with E-state index in [1.165, 1.54) is 5.69 Å². The predicted octanol–water partition coefficient (Wildman–Crippen LogP) is 2.29. The molecular formula is C12H19NO. The third-order valence-corrected chi connectivity index (χ3v) is 2.35. The second kappa shape index (κ2) is 6.44. The lowest BCUT2D eigenvalue weighted by atomic mass is 10.2. The van der Waals surface area contributed by atoms with Gasteiger partial charge in [-0.2, -0.15) is 0 Å². The molecule has 0 bridgehead atoms. The summed E-state index contributed by atoms with van der Waals surface area (Å²) in [6, 6.07) is 10.4. The molecule has 0 aliphatic heterocycles. The van der Waals surface area contributed by atoms with E-state index in [0.717, 1.165) is 25.8 Å². The average molecular weight is 193 g/mol. The topological polar surface area (TPSA) is 23.5 Å². The van der Waals surface area contributed by atoms with Crippen molar-refractivity contribution in [1.82, 2.24) is 0 Å². The van der Waals surface area contributed by atoms with Gasteiger partial charge in [0, 0.05) is 25.9 Å². The van der Waals surface area contributed by atoms with Crippen LogP contribution >= 0.6 is 0 Å². The van der Waals surface area contributed by atoms with Gasteiger partial charge in [-0.15, -0.1) is 0 Å². The quantitative estimate of drug-likeness (QED) is 0.701. The van der Waals surface area contributed by atoms with E-state index in [2.05, 4.69) is 36.2 Å². The molecule has 0 aliphatic carbocycles. The maximum absolute atomic E-state index is 8.63. The van der Waals surface area contributed by atoms with Crippen molar-refractivity contribution >= 4 is 5.69 Å². The molecule has 0 aliphatic rings. The molecular weight excluding hydrogens is 174 g/mol. The lowest BCUT2D eigenvalue weighted by Crippen LogP contribution is -2.18. The highest BCUT2D eigenvalue weighted by molar-refractivity contribution is 5.44. The first-order chi connectivity index (χ1) is 6.84. The largest absolute Gasteiger partial charge is 0.396 e. The van der Waals surface area contributed by atoms with E-state index in [9.17, 15) is 0 Å². The first-order valence-electron chi connectivity index (χ1n) is 5.21. The van der Waals surface area contributed by atoms with E-state index in [0.29, 0.717) is 6.61 Å². The van der Waals surface area contributed by atoms with Gasteiger partial charge in [0.05, 0.1) is 0 Å². The fourth-order valence-electron chi connectivity index (χ4n) is 1.45. The Kier molecular flexibility index (Phi) is 5.08. The van der Waals surface area contributed by atoms with Gasteiger partial charge >= 0.3 is 0 Å². The van der Waals surface area contributed by atoms with E-state index in [-0.39, 0.29) is 0 Å². The van der Waals surface area contributed by atoms with Crippen LogP contribution in [0.25, 0.3) is 0 Å². The number of unbranched alkanes of at least 4 members (excludes halogenated alkanes) is 2. The van der Waals surface area contributed by atoms with Crippen molar-refractivity contribution in [2.45, 2.75) is 19.3 Å². The number of anilines is 1. The van der Waals surface area contributed by atoms with Crippen LogP contribution in [0.15, 0.2) is 30.3 Å². The number of hydrogen-bond acceptors (Lipinski definition) is 2. The number of aliphatic hydroxyl groups excluding tert-OH is 1. The van der Waals surface area contributed by atoms with Crippen molar-refractivity contribution in [2.24, 2.45) is 0 Å². The SMILES string of the molecule is CN(CCCCCO)c1ccccc1. The highest BCUT2D eigenvalue weighted by Gasteiger charge is 1.98. The molecule has 14 heavy (non-hydrogen) atoms.